The molecule has 5 heteroatoms. The molecule has 2 N–H and O–H groups in total. The Bertz CT molecular complexity index is 506. The molecule has 1 heterocycles. The number of nitrogens with one attached hydrogen (secondary N) is 1. The minimum atomic E-state index is -1.02. The van der Waals surface area contributed by atoms with Crippen LogP contribution < -0.4 is 5.32 Å². The highest BCUT2D eigenvalue weighted by Crippen LogP contribution is 2.20. The van der Waals surface area contributed by atoms with E-state index in [1.54, 1.807) is 30.0 Å². The summed E-state index contributed by atoms with van der Waals surface area (Å²) in [6.45, 7) is 3.20. The number of hydrogen-bond donors (Lipinski definition) is 2. The van der Waals surface area contributed by atoms with Crippen molar-refractivity contribution in [3.63, 3.8) is 0 Å². The molecule has 1 aliphatic heterocycles. The van der Waals surface area contributed by atoms with E-state index in [2.05, 4.69) is 5.32 Å². The van der Waals surface area contributed by atoms with E-state index in [1.807, 2.05) is 0 Å². The third-order valence-electron chi connectivity index (χ3n) is 3.62. The number of carboxylic acid groups (broad SMARTS) is 1. The van der Waals surface area contributed by atoms with E-state index in [9.17, 15) is 14.7 Å². The first kappa shape index (κ1) is 14.4. The lowest BCUT2D eigenvalue weighted by atomic mass is 10.1. The number of carbonyl (C=O) groups excluding carboxylic acids is 1. The molecular formula is C15H20N2O3. The maximum absolute atomic E-state index is 12.2. The topological polar surface area (TPSA) is 69.6 Å². The summed E-state index contributed by atoms with van der Waals surface area (Å²) in [7, 11) is 0. The highest BCUT2D eigenvalue weighted by atomic mass is 16.4. The second kappa shape index (κ2) is 6.41. The maximum atomic E-state index is 12.2. The van der Waals surface area contributed by atoms with Crippen molar-refractivity contribution in [3.05, 3.63) is 29.3 Å². The number of benzene rings is 1. The zero-order valence-corrected chi connectivity index (χ0v) is 11.7. The number of hydrogen-bond acceptors (Lipinski definition) is 2. The van der Waals surface area contributed by atoms with Gasteiger partial charge in [0, 0.05) is 13.1 Å². The highest BCUT2D eigenvalue weighted by molar-refractivity contribution is 6.01. The molecule has 0 saturated carbocycles. The molecular weight excluding hydrogens is 256 g/mol. The average molecular weight is 276 g/mol. The van der Waals surface area contributed by atoms with Crippen LogP contribution in [0.2, 0.25) is 0 Å². The van der Waals surface area contributed by atoms with Crippen LogP contribution in [-0.2, 0) is 0 Å². The van der Waals surface area contributed by atoms with E-state index in [1.165, 1.54) is 0 Å². The zero-order chi connectivity index (χ0) is 14.5. The minimum Gasteiger partial charge on any atom is -0.478 e. The number of carboxylic acids is 1. The molecule has 0 unspecified atom stereocenters. The second-order valence-corrected chi connectivity index (χ2v) is 5.13. The maximum Gasteiger partial charge on any atom is 0.338 e. The first-order valence-corrected chi connectivity index (χ1v) is 6.98. The fraction of sp³-hybridized carbons (Fsp3) is 0.467. The summed E-state index contributed by atoms with van der Waals surface area (Å²) in [5.41, 5.74) is 1.17. The van der Waals surface area contributed by atoms with Gasteiger partial charge in [-0.15, -0.1) is 0 Å². The standard InChI is InChI=1S/C15H20N2O3/c1-11-7-6-8-12(13(11)14(18)19)16-15(20)17-9-4-2-3-5-10-17/h6-8H,2-5,9-10H2,1H3,(H,16,20)(H,18,19). The van der Waals surface area contributed by atoms with E-state index in [-0.39, 0.29) is 11.6 Å². The molecule has 5 nitrogen and oxygen atoms in total. The van der Waals surface area contributed by atoms with Gasteiger partial charge in [0.05, 0.1) is 11.3 Å². The Hall–Kier alpha value is -2.04. The number of aromatic carboxylic acids is 1. The Labute approximate surface area is 118 Å². The number of rotatable bonds is 2. The van der Waals surface area contributed by atoms with Crippen molar-refractivity contribution in [2.24, 2.45) is 0 Å². The first-order valence-electron chi connectivity index (χ1n) is 6.98. The van der Waals surface area contributed by atoms with Crippen LogP contribution in [0.4, 0.5) is 10.5 Å². The van der Waals surface area contributed by atoms with Gasteiger partial charge in [0.25, 0.3) is 0 Å². The average Bonchev–Trinajstić information content (AvgIpc) is 2.67. The van der Waals surface area contributed by atoms with Gasteiger partial charge in [0.2, 0.25) is 0 Å². The van der Waals surface area contributed by atoms with Crippen molar-refractivity contribution < 1.29 is 14.7 Å². The van der Waals surface area contributed by atoms with Crippen LogP contribution >= 0.6 is 0 Å². The third-order valence-corrected chi connectivity index (χ3v) is 3.62. The summed E-state index contributed by atoms with van der Waals surface area (Å²) in [5, 5.41) is 12.0. The lowest BCUT2D eigenvalue weighted by Crippen LogP contribution is -2.36. The van der Waals surface area contributed by atoms with Gasteiger partial charge in [-0.1, -0.05) is 25.0 Å². The number of nitrogens with zero attached hydrogens (tertiary/aromatic N) is 1. The van der Waals surface area contributed by atoms with Gasteiger partial charge in [-0.2, -0.15) is 0 Å². The molecule has 1 aliphatic rings. The molecule has 1 saturated heterocycles. The summed E-state index contributed by atoms with van der Waals surface area (Å²) in [6.07, 6.45) is 4.31. The SMILES string of the molecule is Cc1cccc(NC(=O)N2CCCCCC2)c1C(=O)O. The van der Waals surface area contributed by atoms with Crippen LogP contribution in [0.15, 0.2) is 18.2 Å². The highest BCUT2D eigenvalue weighted by Gasteiger charge is 2.19. The van der Waals surface area contributed by atoms with Gasteiger partial charge in [-0.25, -0.2) is 9.59 Å². The van der Waals surface area contributed by atoms with Crippen LogP contribution in [0.3, 0.4) is 0 Å². The van der Waals surface area contributed by atoms with E-state index >= 15 is 0 Å². The molecule has 2 amide bonds. The Morgan fingerprint density at radius 1 is 1.15 bits per heavy atom. The number of anilines is 1. The number of likely N-dealkylation sites (tertiary alicyclic amines) is 1. The summed E-state index contributed by atoms with van der Waals surface area (Å²) >= 11 is 0. The molecule has 0 atom stereocenters. The van der Waals surface area contributed by atoms with Crippen molar-refractivity contribution in [2.45, 2.75) is 32.6 Å². The second-order valence-electron chi connectivity index (χ2n) is 5.13. The van der Waals surface area contributed by atoms with Gasteiger partial charge in [0.1, 0.15) is 0 Å². The Balaban J connectivity index is 2.15. The fourth-order valence-corrected chi connectivity index (χ4v) is 2.52. The van der Waals surface area contributed by atoms with E-state index < -0.39 is 5.97 Å². The zero-order valence-electron chi connectivity index (χ0n) is 11.7. The number of urea groups is 1. The fourth-order valence-electron chi connectivity index (χ4n) is 2.52. The summed E-state index contributed by atoms with van der Waals surface area (Å²) in [4.78, 5) is 25.3. The first-order chi connectivity index (χ1) is 9.59. The van der Waals surface area contributed by atoms with E-state index in [4.69, 9.17) is 0 Å². The van der Waals surface area contributed by atoms with Crippen molar-refractivity contribution >= 4 is 17.7 Å². The van der Waals surface area contributed by atoms with Gasteiger partial charge in [-0.05, 0) is 31.4 Å². The lowest BCUT2D eigenvalue weighted by Gasteiger charge is -2.21. The summed E-state index contributed by atoms with van der Waals surface area (Å²) in [5.74, 6) is -1.02. The number of aryl methyl sites for hydroxylation is 1. The third kappa shape index (κ3) is 3.29. The smallest absolute Gasteiger partial charge is 0.338 e. The molecule has 20 heavy (non-hydrogen) atoms. The summed E-state index contributed by atoms with van der Waals surface area (Å²) < 4.78 is 0. The van der Waals surface area contributed by atoms with Gasteiger partial charge in [0.15, 0.2) is 0 Å². The Morgan fingerprint density at radius 2 is 1.80 bits per heavy atom. The molecule has 0 aromatic heterocycles. The molecule has 1 aromatic rings. The molecule has 0 radical (unpaired) electrons. The summed E-state index contributed by atoms with van der Waals surface area (Å²) in [6, 6.07) is 4.90. The molecule has 0 spiro atoms. The van der Waals surface area contributed by atoms with E-state index in [0.29, 0.717) is 11.3 Å². The Kier molecular flexibility index (Phi) is 4.61. The van der Waals surface area contributed by atoms with Gasteiger partial charge >= 0.3 is 12.0 Å². The van der Waals surface area contributed by atoms with Gasteiger partial charge < -0.3 is 15.3 Å². The number of amides is 2. The van der Waals surface area contributed by atoms with Gasteiger partial charge in [-0.3, -0.25) is 0 Å². The van der Waals surface area contributed by atoms with Crippen LogP contribution in [-0.4, -0.2) is 35.1 Å². The monoisotopic (exact) mass is 276 g/mol. The molecule has 1 fully saturated rings. The lowest BCUT2D eigenvalue weighted by molar-refractivity contribution is 0.0697. The largest absolute Gasteiger partial charge is 0.478 e. The quantitative estimate of drug-likeness (QED) is 0.872. The molecule has 0 bridgehead atoms. The molecule has 1 aromatic carbocycles. The Morgan fingerprint density at radius 3 is 2.40 bits per heavy atom. The number of carbonyl (C=O) groups is 2. The van der Waals surface area contributed by atoms with Crippen LogP contribution in [0, 0.1) is 6.92 Å². The molecule has 0 aliphatic carbocycles. The molecule has 108 valence electrons. The van der Waals surface area contributed by atoms with Crippen molar-refractivity contribution in [2.75, 3.05) is 18.4 Å². The van der Waals surface area contributed by atoms with Crippen LogP contribution in [0.25, 0.3) is 0 Å². The minimum absolute atomic E-state index is 0.163. The normalized spacial score (nSPS) is 15.6. The van der Waals surface area contributed by atoms with Crippen molar-refractivity contribution in [1.29, 1.82) is 0 Å². The van der Waals surface area contributed by atoms with Crippen LogP contribution in [0.5, 0.6) is 0 Å². The predicted octanol–water partition coefficient (Wildman–Crippen LogP) is 3.10. The molecule has 2 rings (SSSR count). The van der Waals surface area contributed by atoms with Crippen molar-refractivity contribution in [1.82, 2.24) is 4.90 Å². The van der Waals surface area contributed by atoms with Crippen molar-refractivity contribution in [3.8, 4) is 0 Å². The van der Waals surface area contributed by atoms with E-state index in [0.717, 1.165) is 38.8 Å². The predicted molar refractivity (Wildman–Crippen MR) is 77.2 cm³/mol. The van der Waals surface area contributed by atoms with Crippen LogP contribution in [0.1, 0.15) is 41.6 Å².